The van der Waals surface area contributed by atoms with Crippen molar-refractivity contribution in [3.05, 3.63) is 78.4 Å². The number of aryl methyl sites for hydroxylation is 1. The van der Waals surface area contributed by atoms with Gasteiger partial charge in [0, 0.05) is 0 Å². The van der Waals surface area contributed by atoms with Crippen LogP contribution in [-0.4, -0.2) is 28.1 Å². The summed E-state index contributed by atoms with van der Waals surface area (Å²) in [6.07, 6.45) is 0. The van der Waals surface area contributed by atoms with Crippen LogP contribution in [0.25, 0.3) is 21.5 Å². The highest BCUT2D eigenvalue weighted by atomic mass is 32.2. The van der Waals surface area contributed by atoms with Gasteiger partial charge < -0.3 is 9.47 Å². The van der Waals surface area contributed by atoms with E-state index < -0.39 is 20.2 Å². The third-order valence-electron chi connectivity index (χ3n) is 4.84. The van der Waals surface area contributed by atoms with Gasteiger partial charge in [0.25, 0.3) is 9.84 Å². The summed E-state index contributed by atoms with van der Waals surface area (Å²) in [4.78, 5) is -0.777. The Hall–Kier alpha value is -3.26. The molecule has 0 bridgehead atoms. The highest BCUT2D eigenvalue weighted by Crippen LogP contribution is 2.32. The first-order chi connectivity index (χ1) is 15.0. The smallest absolute Gasteiger partial charge is 0.497 e. The molecule has 4 rings (SSSR count). The van der Waals surface area contributed by atoms with E-state index in [4.69, 9.17) is 9.47 Å². The zero-order valence-corrected chi connectivity index (χ0v) is 18.4. The van der Waals surface area contributed by atoms with Crippen LogP contribution in [0.2, 0.25) is 0 Å². The molecule has 4 aromatic carbocycles. The summed E-state index contributed by atoms with van der Waals surface area (Å²) in [5.74, 6) is 1.35. The van der Waals surface area contributed by atoms with E-state index in [1.54, 1.807) is 19.2 Å². The van der Waals surface area contributed by atoms with Crippen LogP contribution in [-0.2, 0) is 9.84 Å². The molecule has 0 aliphatic rings. The lowest BCUT2D eigenvalue weighted by Crippen LogP contribution is -2.23. The highest BCUT2D eigenvalue weighted by Gasteiger charge is 2.46. The van der Waals surface area contributed by atoms with E-state index in [9.17, 15) is 21.6 Å². The van der Waals surface area contributed by atoms with Gasteiger partial charge in [0.2, 0.25) is 0 Å². The average Bonchev–Trinajstić information content (AvgIpc) is 2.77. The van der Waals surface area contributed by atoms with Crippen molar-refractivity contribution in [1.82, 2.24) is 0 Å². The number of halogens is 3. The van der Waals surface area contributed by atoms with Gasteiger partial charge in [0.1, 0.15) is 11.5 Å². The summed E-state index contributed by atoms with van der Waals surface area (Å²) in [7, 11) is -2.22. The molecule has 4 nitrogen and oxygen atoms in total. The molecule has 0 aliphatic carbocycles. The fourth-order valence-corrected chi connectivity index (χ4v) is 3.90. The van der Waals surface area contributed by atoms with Crippen LogP contribution < -0.4 is 9.47 Å². The van der Waals surface area contributed by atoms with Gasteiger partial charge in [0.05, 0.1) is 19.1 Å². The topological polar surface area (TPSA) is 52.6 Å². The molecule has 0 amide bonds. The molecule has 168 valence electrons. The molecule has 0 spiro atoms. The monoisotopic (exact) mass is 462 g/mol. The molecule has 0 aliphatic heterocycles. The Morgan fingerprint density at radius 2 is 1.12 bits per heavy atom. The minimum atomic E-state index is -5.33. The number of sulfone groups is 1. The van der Waals surface area contributed by atoms with Gasteiger partial charge in [0.15, 0.2) is 0 Å². The minimum absolute atomic E-state index is 0.365. The molecule has 0 heterocycles. The summed E-state index contributed by atoms with van der Waals surface area (Å²) in [6.45, 7) is 2.10. The first kappa shape index (κ1) is 23.4. The Morgan fingerprint density at radius 1 is 0.656 bits per heavy atom. The van der Waals surface area contributed by atoms with Crippen LogP contribution in [0.3, 0.4) is 0 Å². The lowest BCUT2D eigenvalue weighted by molar-refractivity contribution is -0.0435. The van der Waals surface area contributed by atoms with Crippen molar-refractivity contribution < 1.29 is 31.1 Å². The molecule has 0 fully saturated rings. The van der Waals surface area contributed by atoms with E-state index >= 15 is 0 Å². The number of hydrogen-bond acceptors (Lipinski definition) is 4. The van der Waals surface area contributed by atoms with E-state index in [-0.39, 0.29) is 0 Å². The van der Waals surface area contributed by atoms with Crippen LogP contribution in [0, 0.1) is 6.92 Å². The third kappa shape index (κ3) is 4.96. The van der Waals surface area contributed by atoms with Crippen molar-refractivity contribution >= 4 is 31.4 Å². The van der Waals surface area contributed by atoms with Gasteiger partial charge >= 0.3 is 5.51 Å². The van der Waals surface area contributed by atoms with Crippen LogP contribution in [0.4, 0.5) is 13.2 Å². The Morgan fingerprint density at radius 3 is 1.62 bits per heavy atom. The molecule has 32 heavy (non-hydrogen) atoms. The summed E-state index contributed by atoms with van der Waals surface area (Å²) in [6, 6.07) is 20.5. The van der Waals surface area contributed by atoms with Gasteiger partial charge in [-0.2, -0.15) is 13.2 Å². The van der Waals surface area contributed by atoms with E-state index in [0.29, 0.717) is 16.5 Å². The van der Waals surface area contributed by atoms with Gasteiger partial charge in [-0.15, -0.1) is 0 Å². The highest BCUT2D eigenvalue weighted by molar-refractivity contribution is 7.92. The average molecular weight is 462 g/mol. The molecule has 0 radical (unpaired) electrons. The molecule has 0 saturated carbocycles. The molecule has 0 atom stereocenters. The summed E-state index contributed by atoms with van der Waals surface area (Å²) in [5, 5.41) is 3.48. The van der Waals surface area contributed by atoms with Crippen molar-refractivity contribution in [3.8, 4) is 11.5 Å². The number of fused-ring (bicyclic) bond motifs is 2. The molecule has 0 aromatic heterocycles. The van der Waals surface area contributed by atoms with Crippen LogP contribution in [0.5, 0.6) is 11.5 Å². The van der Waals surface area contributed by atoms with Gasteiger partial charge in [-0.3, -0.25) is 0 Å². The molecule has 0 N–H and O–H groups in total. The standard InChI is InChI=1S/C12H9F3O3S.C12H12O/c1-18-10-4-2-8-3-5-11(7-9(8)6-10)19(16,17)12(13,14)15;1-9-3-4-10-5-6-12(13-2)8-11(10)7-9/h2-7H,1H3;3-8H,1-2H3. The normalized spacial score (nSPS) is 11.7. The molecule has 4 aromatic rings. The summed E-state index contributed by atoms with van der Waals surface area (Å²) >= 11 is 0. The molecule has 8 heteroatoms. The zero-order chi connectivity index (χ0) is 23.5. The molecule has 0 unspecified atom stereocenters. The number of benzene rings is 4. The number of hydrogen-bond donors (Lipinski definition) is 0. The molecular weight excluding hydrogens is 441 g/mol. The summed E-state index contributed by atoms with van der Waals surface area (Å²) in [5.41, 5.74) is -4.03. The van der Waals surface area contributed by atoms with Crippen molar-refractivity contribution in [1.29, 1.82) is 0 Å². The SMILES string of the molecule is COc1ccc2ccc(C)cc2c1.COc1ccc2ccc(S(=O)(=O)C(F)(F)F)cc2c1. The van der Waals surface area contributed by atoms with Gasteiger partial charge in [-0.1, -0.05) is 42.0 Å². The van der Waals surface area contributed by atoms with E-state index in [1.165, 1.54) is 35.6 Å². The third-order valence-corrected chi connectivity index (χ3v) is 6.32. The second-order valence-electron chi connectivity index (χ2n) is 7.04. The number of ether oxygens (including phenoxy) is 2. The van der Waals surface area contributed by atoms with Crippen molar-refractivity contribution in [2.45, 2.75) is 17.3 Å². The lowest BCUT2D eigenvalue weighted by Gasteiger charge is -2.09. The first-order valence-corrected chi connectivity index (χ1v) is 11.0. The lowest BCUT2D eigenvalue weighted by atomic mass is 10.1. The van der Waals surface area contributed by atoms with Gasteiger partial charge in [-0.25, -0.2) is 8.42 Å². The molecular formula is C24H21F3O4S. The van der Waals surface area contributed by atoms with E-state index in [2.05, 4.69) is 37.3 Å². The predicted octanol–water partition coefficient (Wildman–Crippen LogP) is 6.30. The summed E-state index contributed by atoms with van der Waals surface area (Å²) < 4.78 is 70.1. The van der Waals surface area contributed by atoms with Crippen LogP contribution in [0.15, 0.2) is 77.7 Å². The zero-order valence-electron chi connectivity index (χ0n) is 17.6. The Kier molecular flexibility index (Phi) is 6.64. The molecule has 0 saturated heterocycles. The fourth-order valence-electron chi connectivity index (χ4n) is 3.10. The number of alkyl halides is 3. The van der Waals surface area contributed by atoms with E-state index in [1.807, 2.05) is 6.07 Å². The Labute approximate surface area is 184 Å². The van der Waals surface area contributed by atoms with Crippen molar-refractivity contribution in [2.24, 2.45) is 0 Å². The maximum Gasteiger partial charge on any atom is 0.501 e. The Balaban J connectivity index is 0.000000193. The second kappa shape index (κ2) is 9.08. The Bertz CT molecular complexity index is 1360. The van der Waals surface area contributed by atoms with Crippen molar-refractivity contribution in [3.63, 3.8) is 0 Å². The fraction of sp³-hybridized carbons (Fsp3) is 0.167. The van der Waals surface area contributed by atoms with Crippen molar-refractivity contribution in [2.75, 3.05) is 14.2 Å². The number of rotatable bonds is 3. The maximum atomic E-state index is 12.5. The predicted molar refractivity (Wildman–Crippen MR) is 119 cm³/mol. The largest absolute Gasteiger partial charge is 0.501 e. The van der Waals surface area contributed by atoms with Gasteiger partial charge in [-0.05, 0) is 64.9 Å². The maximum absolute atomic E-state index is 12.5. The minimum Gasteiger partial charge on any atom is -0.497 e. The number of methoxy groups -OCH3 is 2. The van der Waals surface area contributed by atoms with Crippen LogP contribution >= 0.6 is 0 Å². The van der Waals surface area contributed by atoms with E-state index in [0.717, 1.165) is 17.9 Å². The quantitative estimate of drug-likeness (QED) is 0.359. The van der Waals surface area contributed by atoms with Crippen LogP contribution in [0.1, 0.15) is 5.56 Å². The first-order valence-electron chi connectivity index (χ1n) is 9.49. The second-order valence-corrected chi connectivity index (χ2v) is 8.98.